The van der Waals surface area contributed by atoms with E-state index in [4.69, 9.17) is 18.9 Å². The number of methoxy groups -OCH3 is 1. The van der Waals surface area contributed by atoms with Gasteiger partial charge in [-0.15, -0.1) is 5.10 Å². The number of hydrogen-bond donors (Lipinski definition) is 11. The molecular weight excluding hydrogens is 993 g/mol. The zero-order chi connectivity index (χ0) is 53.7. The Labute approximate surface area is 431 Å². The van der Waals surface area contributed by atoms with Crippen LogP contribution < -0.4 is 25.5 Å². The Bertz CT molecular complexity index is 2860. The topological polar surface area (TPSA) is 328 Å². The van der Waals surface area contributed by atoms with Crippen LogP contribution in [0.2, 0.25) is 18.6 Å². The molecule has 11 N–H and O–H groups in total. The number of fused-ring (bicyclic) bond motifs is 2. The number of nitrogens with one attached hydrogen (secondary N) is 2. The quantitative estimate of drug-likeness (QED) is 0.0602. The van der Waals surface area contributed by atoms with E-state index >= 15 is 4.79 Å². The summed E-state index contributed by atoms with van der Waals surface area (Å²) in [5.74, 6) is -2.62. The highest BCUT2D eigenvalue weighted by atomic mass is 28.3. The zero-order valence-corrected chi connectivity index (χ0v) is 42.4. The normalized spacial score (nSPS) is 31.0. The number of aliphatic hydroxyl groups is 9. The van der Waals surface area contributed by atoms with Crippen LogP contribution in [0.15, 0.2) is 103 Å². The minimum absolute atomic E-state index is 0.0741. The van der Waals surface area contributed by atoms with Gasteiger partial charge in [-0.3, -0.25) is 19.1 Å². The summed E-state index contributed by atoms with van der Waals surface area (Å²) in [5, 5.41) is 108. The monoisotopic (exact) mass is 1050 g/mol. The summed E-state index contributed by atoms with van der Waals surface area (Å²) in [5.41, 5.74) is 1.17. The number of benzene rings is 4. The fourth-order valence-corrected chi connectivity index (χ4v) is 15.3. The van der Waals surface area contributed by atoms with Gasteiger partial charge in [0.2, 0.25) is 0 Å². The van der Waals surface area contributed by atoms with E-state index in [0.29, 0.717) is 41.2 Å². The molecule has 9 rings (SSSR count). The number of rotatable bonds is 15. The Hall–Kier alpha value is -6.03. The number of hydrogen-bond acceptors (Lipinski definition) is 18. The number of anilines is 3. The van der Waals surface area contributed by atoms with Crippen molar-refractivity contribution in [3.8, 4) is 5.75 Å². The molecule has 3 fully saturated rings. The van der Waals surface area contributed by atoms with E-state index in [9.17, 15) is 55.5 Å². The van der Waals surface area contributed by atoms with Crippen molar-refractivity contribution in [2.24, 2.45) is 5.92 Å². The van der Waals surface area contributed by atoms with E-state index in [1.54, 1.807) is 59.3 Å². The van der Waals surface area contributed by atoms with Gasteiger partial charge in [-0.05, 0) is 65.6 Å². The first kappa shape index (κ1) is 53.8. The van der Waals surface area contributed by atoms with Crippen LogP contribution in [0, 0.1) is 5.92 Å². The molecule has 3 saturated heterocycles. The molecule has 1 aromatic heterocycles. The van der Waals surface area contributed by atoms with Crippen LogP contribution in [0.1, 0.15) is 41.6 Å². The molecular formula is C52H62N6O16Si. The van der Waals surface area contributed by atoms with E-state index in [1.807, 2.05) is 61.5 Å². The number of carbonyl (C=O) groups is 3. The number of aliphatic hydroxyl groups excluding tert-OH is 9. The molecule has 0 bridgehead atoms. The van der Waals surface area contributed by atoms with Crippen molar-refractivity contribution in [2.75, 3.05) is 29.3 Å². The maximum atomic E-state index is 15.8. The minimum atomic E-state index is -2.72. The van der Waals surface area contributed by atoms with Gasteiger partial charge >= 0.3 is 0 Å². The van der Waals surface area contributed by atoms with Gasteiger partial charge in [0.1, 0.15) is 42.4 Å². The molecule has 4 aliphatic rings. The van der Waals surface area contributed by atoms with Crippen molar-refractivity contribution in [3.05, 3.63) is 126 Å². The Balaban J connectivity index is 1.08. The fraction of sp³-hybridized carbons (Fsp3) is 0.442. The number of amides is 3. The maximum absolute atomic E-state index is 15.8. The van der Waals surface area contributed by atoms with Gasteiger partial charge in [0.05, 0.1) is 51.7 Å². The lowest BCUT2D eigenvalue weighted by Crippen LogP contribution is -2.60. The summed E-state index contributed by atoms with van der Waals surface area (Å²) < 4.78 is 24.9. The van der Waals surface area contributed by atoms with Crippen LogP contribution in [0.4, 0.5) is 17.1 Å². The molecule has 4 aromatic carbocycles. The van der Waals surface area contributed by atoms with Gasteiger partial charge in [-0.2, -0.15) is 0 Å². The van der Waals surface area contributed by atoms with E-state index < -0.39 is 111 Å². The summed E-state index contributed by atoms with van der Waals surface area (Å²) in [4.78, 5) is 44.5. The molecule has 0 saturated carbocycles. The average molecular weight is 1060 g/mol. The van der Waals surface area contributed by atoms with Gasteiger partial charge < -0.3 is 80.4 Å². The third-order valence-electron chi connectivity index (χ3n) is 15.3. The highest BCUT2D eigenvalue weighted by Crippen LogP contribution is 2.60. The van der Waals surface area contributed by atoms with E-state index in [1.165, 1.54) is 6.07 Å². The molecule has 3 amide bonds. The first-order valence-electron chi connectivity index (χ1n) is 24.6. The van der Waals surface area contributed by atoms with Gasteiger partial charge in [-0.1, -0.05) is 85.0 Å². The molecule has 5 aromatic rings. The minimum Gasteiger partial charge on any atom is -0.497 e. The molecule has 0 aliphatic carbocycles. The first-order chi connectivity index (χ1) is 35.8. The summed E-state index contributed by atoms with van der Waals surface area (Å²) in [6, 6.07) is 28.6. The number of aryl methyl sites for hydroxylation is 1. The lowest BCUT2D eigenvalue weighted by atomic mass is 9.82. The first-order valence-corrected chi connectivity index (χ1v) is 27.7. The van der Waals surface area contributed by atoms with Gasteiger partial charge in [0, 0.05) is 35.6 Å². The van der Waals surface area contributed by atoms with Crippen LogP contribution in [-0.4, -0.2) is 168 Å². The summed E-state index contributed by atoms with van der Waals surface area (Å²) in [6.45, 7) is 6.46. The van der Waals surface area contributed by atoms with Crippen LogP contribution in [0.3, 0.4) is 0 Å². The fourth-order valence-electron chi connectivity index (χ4n) is 11.2. The number of carbonyl (C=O) groups excluding carboxylic acids is 3. The maximum Gasteiger partial charge on any atom is 0.264 e. The van der Waals surface area contributed by atoms with Crippen molar-refractivity contribution < 1.29 is 79.3 Å². The van der Waals surface area contributed by atoms with E-state index in [2.05, 4.69) is 34.0 Å². The van der Waals surface area contributed by atoms with Crippen molar-refractivity contribution in [1.29, 1.82) is 0 Å². The van der Waals surface area contributed by atoms with Crippen molar-refractivity contribution >= 4 is 48.0 Å². The Morgan fingerprint density at radius 2 is 1.39 bits per heavy atom. The van der Waals surface area contributed by atoms with Crippen LogP contribution in [0.25, 0.3) is 0 Å². The SMILES string of the molecule is COc1ccc([Si](C)(C)[C@@H]2[C@@H](CCn3cc(C(CO)c4ccccc4)nn3)O[C@]3(C(=O)N(Cc4cccc(NC(=O)[C@H]5O[C@@H](O)[C@H](O)[C@@H](O)[C@@H]5O)c4)c4ccc(NC(=O)[C@H]5O[C@@H](O)[C@H](O)[C@@H](O)[C@@H]5O)cc43)[C@H]2C)cc1. The molecule has 0 radical (unpaired) electrons. The standard InChI is InChI=1S/C52H62N6O16Si/c1-26-46(75(3,4)32-16-14-31(71-2)15-17-32)37(19-20-57-24-35(55-56-57)33(25-59)28-10-6-5-7-11-28)74-52(26)34-22-30(54-48(67)45-41(63)39(61)43(65)50(69)73-45)13-18-36(34)58(51(52)70)23-27-9-8-12-29(21-27)53-47(66)44-40(62)38(60)42(64)49(68)72-44/h5-18,21-22,24,26,33,37-46,49-50,59-65,68-69H,19-20,23,25H2,1-4H3,(H,53,66)(H,54,67)/t26-,33?,37+,38-,39-,40-,41-,42+,43+,44-,45-,46-,49+,50+,52+/m0/s1. The van der Waals surface area contributed by atoms with E-state index in [-0.39, 0.29) is 30.1 Å². The van der Waals surface area contributed by atoms with Crippen molar-refractivity contribution in [2.45, 2.75) is 124 Å². The zero-order valence-electron chi connectivity index (χ0n) is 41.4. The average Bonchev–Trinajstić information content (AvgIpc) is 4.06. The van der Waals surface area contributed by atoms with Gasteiger partial charge in [0.25, 0.3) is 17.7 Å². The summed E-state index contributed by atoms with van der Waals surface area (Å²) in [7, 11) is -1.13. The second kappa shape index (κ2) is 21.5. The molecule has 22 nitrogen and oxygen atoms in total. The number of aromatic nitrogens is 3. The molecule has 75 heavy (non-hydrogen) atoms. The predicted octanol–water partition coefficient (Wildman–Crippen LogP) is -0.259. The third kappa shape index (κ3) is 10.0. The van der Waals surface area contributed by atoms with Crippen molar-refractivity contribution in [3.63, 3.8) is 0 Å². The van der Waals surface area contributed by atoms with Gasteiger partial charge in [-0.25, -0.2) is 0 Å². The molecule has 15 atom stereocenters. The smallest absolute Gasteiger partial charge is 0.264 e. The molecule has 5 heterocycles. The molecule has 400 valence electrons. The molecule has 1 unspecified atom stereocenters. The Morgan fingerprint density at radius 1 is 0.773 bits per heavy atom. The second-order valence-electron chi connectivity index (χ2n) is 20.1. The van der Waals surface area contributed by atoms with Crippen LogP contribution in [0.5, 0.6) is 5.75 Å². The third-order valence-corrected chi connectivity index (χ3v) is 19.6. The lowest BCUT2D eigenvalue weighted by Gasteiger charge is -2.37. The highest BCUT2D eigenvalue weighted by Gasteiger charge is 2.66. The Morgan fingerprint density at radius 3 is 1.99 bits per heavy atom. The van der Waals surface area contributed by atoms with Crippen molar-refractivity contribution in [1.82, 2.24) is 15.0 Å². The summed E-state index contributed by atoms with van der Waals surface area (Å²) in [6.07, 6.45) is -17.2. The molecule has 4 aliphatic heterocycles. The number of ether oxygens (including phenoxy) is 4. The predicted molar refractivity (Wildman–Crippen MR) is 269 cm³/mol. The molecule has 23 heteroatoms. The second-order valence-corrected chi connectivity index (χ2v) is 24.8. The Kier molecular flexibility index (Phi) is 15.4. The molecule has 1 spiro atoms. The highest BCUT2D eigenvalue weighted by molar-refractivity contribution is 6.91. The van der Waals surface area contributed by atoms with E-state index in [0.717, 1.165) is 10.8 Å². The largest absolute Gasteiger partial charge is 0.497 e. The van der Waals surface area contributed by atoms with Crippen LogP contribution in [-0.2, 0) is 47.3 Å². The summed E-state index contributed by atoms with van der Waals surface area (Å²) >= 11 is 0. The van der Waals surface area contributed by atoms with Gasteiger partial charge in [0.15, 0.2) is 30.4 Å². The van der Waals surface area contributed by atoms with Crippen LogP contribution >= 0.6 is 0 Å². The number of nitrogens with zero attached hydrogens (tertiary/aromatic N) is 4. The lowest BCUT2D eigenvalue weighted by molar-refractivity contribution is -0.274.